The Bertz CT molecular complexity index is 605. The molecule has 0 radical (unpaired) electrons. The molecule has 132 valence electrons. The van der Waals surface area contributed by atoms with Crippen LogP contribution in [0.2, 0.25) is 0 Å². The molecule has 2 aliphatic heterocycles. The van der Waals surface area contributed by atoms with Crippen molar-refractivity contribution in [3.63, 3.8) is 0 Å². The first-order valence-electron chi connectivity index (χ1n) is 8.32. The van der Waals surface area contributed by atoms with Crippen molar-refractivity contribution in [2.75, 3.05) is 27.4 Å². The van der Waals surface area contributed by atoms with Crippen molar-refractivity contribution in [2.45, 2.75) is 44.1 Å². The zero-order valence-corrected chi connectivity index (χ0v) is 14.4. The molecule has 1 amide bonds. The van der Waals surface area contributed by atoms with Crippen molar-refractivity contribution in [3.8, 4) is 5.75 Å². The van der Waals surface area contributed by atoms with Crippen LogP contribution in [0, 0.1) is 0 Å². The Hall–Kier alpha value is -1.63. The summed E-state index contributed by atoms with van der Waals surface area (Å²) in [6.07, 6.45) is 0.204. The summed E-state index contributed by atoms with van der Waals surface area (Å²) in [5.74, 6) is 0.859. The van der Waals surface area contributed by atoms with Gasteiger partial charge in [0.1, 0.15) is 24.1 Å². The standard InChI is InChI=1S/C18H25NO5/c1-11-6-13-7-12(4-5-15(13)24-11)8-17(20)19(2)14-9-23-10-16(22-3)18(14)21/h4-5,7,11,14,16,18,21H,6,8-10H2,1-3H3/t11-,14+,16+,18-/m0/s1. The van der Waals surface area contributed by atoms with Gasteiger partial charge in [-0.25, -0.2) is 0 Å². The first-order valence-corrected chi connectivity index (χ1v) is 8.32. The Kier molecular flexibility index (Phi) is 5.08. The number of likely N-dealkylation sites (N-methyl/N-ethyl adjacent to an activating group) is 1. The van der Waals surface area contributed by atoms with Crippen LogP contribution in [0.4, 0.5) is 0 Å². The monoisotopic (exact) mass is 335 g/mol. The van der Waals surface area contributed by atoms with E-state index in [0.717, 1.165) is 23.3 Å². The first kappa shape index (κ1) is 17.2. The second-order valence-corrected chi connectivity index (χ2v) is 6.63. The minimum Gasteiger partial charge on any atom is -0.490 e. The number of hydrogen-bond acceptors (Lipinski definition) is 5. The van der Waals surface area contributed by atoms with Crippen LogP contribution in [0.25, 0.3) is 0 Å². The molecule has 6 heteroatoms. The molecule has 1 fully saturated rings. The number of aliphatic hydroxyl groups excluding tert-OH is 1. The molecule has 24 heavy (non-hydrogen) atoms. The Labute approximate surface area is 142 Å². The molecule has 0 saturated carbocycles. The summed E-state index contributed by atoms with van der Waals surface area (Å²) in [6.45, 7) is 2.70. The number of nitrogens with zero attached hydrogens (tertiary/aromatic N) is 1. The summed E-state index contributed by atoms with van der Waals surface area (Å²) < 4.78 is 16.4. The number of fused-ring (bicyclic) bond motifs is 1. The van der Waals surface area contributed by atoms with Crippen molar-refractivity contribution in [1.82, 2.24) is 4.90 Å². The van der Waals surface area contributed by atoms with E-state index in [9.17, 15) is 9.90 Å². The smallest absolute Gasteiger partial charge is 0.227 e. The van der Waals surface area contributed by atoms with Gasteiger partial charge in [0.05, 0.1) is 25.7 Å². The van der Waals surface area contributed by atoms with E-state index < -0.39 is 18.2 Å². The molecule has 2 heterocycles. The lowest BCUT2D eigenvalue weighted by Crippen LogP contribution is -2.57. The first-order chi connectivity index (χ1) is 11.5. The van der Waals surface area contributed by atoms with Gasteiger partial charge >= 0.3 is 0 Å². The molecule has 0 aromatic heterocycles. The van der Waals surface area contributed by atoms with Gasteiger partial charge in [-0.2, -0.15) is 0 Å². The summed E-state index contributed by atoms with van der Waals surface area (Å²) in [7, 11) is 3.24. The SMILES string of the molecule is CO[C@@H]1COC[C@@H](N(C)C(=O)Cc2ccc3c(c2)C[C@H](C)O3)[C@@H]1O. The predicted octanol–water partition coefficient (Wildman–Crippen LogP) is 0.786. The fourth-order valence-electron chi connectivity index (χ4n) is 3.37. The lowest BCUT2D eigenvalue weighted by molar-refractivity contribution is -0.157. The summed E-state index contributed by atoms with van der Waals surface area (Å²) in [5.41, 5.74) is 2.11. The highest BCUT2D eigenvalue weighted by atomic mass is 16.5. The van der Waals surface area contributed by atoms with Gasteiger partial charge in [-0.05, 0) is 24.1 Å². The summed E-state index contributed by atoms with van der Waals surface area (Å²) in [5, 5.41) is 10.4. The summed E-state index contributed by atoms with van der Waals surface area (Å²) in [6, 6.07) is 5.50. The topological polar surface area (TPSA) is 68.2 Å². The van der Waals surface area contributed by atoms with Crippen molar-refractivity contribution in [1.29, 1.82) is 0 Å². The minimum atomic E-state index is -0.744. The van der Waals surface area contributed by atoms with E-state index in [4.69, 9.17) is 14.2 Å². The molecule has 0 bridgehead atoms. The third-order valence-corrected chi connectivity index (χ3v) is 4.86. The van der Waals surface area contributed by atoms with Crippen molar-refractivity contribution in [3.05, 3.63) is 29.3 Å². The molecule has 4 atom stereocenters. The van der Waals surface area contributed by atoms with Crippen LogP contribution in [-0.4, -0.2) is 67.6 Å². The largest absolute Gasteiger partial charge is 0.490 e. The van der Waals surface area contributed by atoms with Crippen LogP contribution in [0.3, 0.4) is 0 Å². The van der Waals surface area contributed by atoms with Gasteiger partial charge in [0.25, 0.3) is 0 Å². The Balaban J connectivity index is 1.65. The third kappa shape index (κ3) is 3.41. The number of rotatable bonds is 4. The van der Waals surface area contributed by atoms with E-state index in [2.05, 4.69) is 0 Å². The maximum absolute atomic E-state index is 12.6. The van der Waals surface area contributed by atoms with Gasteiger partial charge in [0, 0.05) is 20.6 Å². The van der Waals surface area contributed by atoms with Crippen LogP contribution in [0.15, 0.2) is 18.2 Å². The van der Waals surface area contributed by atoms with Crippen LogP contribution in [0.1, 0.15) is 18.1 Å². The van der Waals surface area contributed by atoms with Crippen molar-refractivity contribution >= 4 is 5.91 Å². The van der Waals surface area contributed by atoms with Crippen molar-refractivity contribution < 1.29 is 24.1 Å². The number of aliphatic hydroxyl groups is 1. The number of carbonyl (C=O) groups excluding carboxylic acids is 1. The Morgan fingerprint density at radius 3 is 2.96 bits per heavy atom. The van der Waals surface area contributed by atoms with E-state index in [0.29, 0.717) is 19.6 Å². The maximum Gasteiger partial charge on any atom is 0.227 e. The lowest BCUT2D eigenvalue weighted by atomic mass is 10.0. The zero-order valence-electron chi connectivity index (χ0n) is 14.4. The number of methoxy groups -OCH3 is 1. The Morgan fingerprint density at radius 2 is 2.21 bits per heavy atom. The highest BCUT2D eigenvalue weighted by Gasteiger charge is 2.36. The minimum absolute atomic E-state index is 0.0497. The molecule has 0 unspecified atom stereocenters. The number of benzene rings is 1. The second-order valence-electron chi connectivity index (χ2n) is 6.63. The molecule has 1 aromatic carbocycles. The quantitative estimate of drug-likeness (QED) is 0.881. The highest BCUT2D eigenvalue weighted by Crippen LogP contribution is 2.29. The second kappa shape index (κ2) is 7.09. The normalized spacial score (nSPS) is 29.0. The molecular weight excluding hydrogens is 310 g/mol. The zero-order chi connectivity index (χ0) is 17.3. The molecule has 0 spiro atoms. The molecule has 1 aromatic rings. The number of hydrogen-bond donors (Lipinski definition) is 1. The average molecular weight is 335 g/mol. The van der Waals surface area contributed by atoms with Crippen molar-refractivity contribution in [2.24, 2.45) is 0 Å². The molecule has 1 saturated heterocycles. The highest BCUT2D eigenvalue weighted by molar-refractivity contribution is 5.79. The van der Waals surface area contributed by atoms with E-state index in [1.807, 2.05) is 25.1 Å². The molecule has 0 aliphatic carbocycles. The van der Waals surface area contributed by atoms with E-state index in [1.165, 1.54) is 7.11 Å². The fourth-order valence-corrected chi connectivity index (χ4v) is 3.37. The number of amides is 1. The maximum atomic E-state index is 12.6. The van der Waals surface area contributed by atoms with E-state index in [1.54, 1.807) is 11.9 Å². The molecule has 2 aliphatic rings. The van der Waals surface area contributed by atoms with Gasteiger partial charge in [0.15, 0.2) is 0 Å². The molecule has 6 nitrogen and oxygen atoms in total. The fraction of sp³-hybridized carbons (Fsp3) is 0.611. The number of carbonyl (C=O) groups is 1. The van der Waals surface area contributed by atoms with Gasteiger partial charge in [0.2, 0.25) is 5.91 Å². The molecule has 1 N–H and O–H groups in total. The van der Waals surface area contributed by atoms with Gasteiger partial charge in [-0.1, -0.05) is 12.1 Å². The molecular formula is C18H25NO5. The van der Waals surface area contributed by atoms with Gasteiger partial charge < -0.3 is 24.2 Å². The van der Waals surface area contributed by atoms with Crippen LogP contribution in [-0.2, 0) is 27.1 Å². The predicted molar refractivity (Wildman–Crippen MR) is 88.1 cm³/mol. The number of ether oxygens (including phenoxy) is 3. The van der Waals surface area contributed by atoms with Crippen LogP contribution in [0.5, 0.6) is 5.75 Å². The third-order valence-electron chi connectivity index (χ3n) is 4.86. The van der Waals surface area contributed by atoms with E-state index in [-0.39, 0.29) is 12.0 Å². The van der Waals surface area contributed by atoms with Gasteiger partial charge in [-0.3, -0.25) is 4.79 Å². The van der Waals surface area contributed by atoms with Crippen LogP contribution < -0.4 is 4.74 Å². The lowest BCUT2D eigenvalue weighted by Gasteiger charge is -2.38. The van der Waals surface area contributed by atoms with Crippen LogP contribution >= 0.6 is 0 Å². The summed E-state index contributed by atoms with van der Waals surface area (Å²) >= 11 is 0. The Morgan fingerprint density at radius 1 is 1.42 bits per heavy atom. The summed E-state index contributed by atoms with van der Waals surface area (Å²) in [4.78, 5) is 14.2. The average Bonchev–Trinajstić information content (AvgIpc) is 2.93. The molecule has 3 rings (SSSR count). The van der Waals surface area contributed by atoms with E-state index >= 15 is 0 Å². The van der Waals surface area contributed by atoms with Gasteiger partial charge in [-0.15, -0.1) is 0 Å².